The topological polar surface area (TPSA) is 90.4 Å². The summed E-state index contributed by atoms with van der Waals surface area (Å²) >= 11 is 3.20. The molecule has 0 fully saturated rings. The van der Waals surface area contributed by atoms with Gasteiger partial charge >= 0.3 is 11.7 Å². The zero-order chi connectivity index (χ0) is 24.3. The number of hydrogen-bond donors (Lipinski definition) is 1. The van der Waals surface area contributed by atoms with Gasteiger partial charge in [-0.2, -0.15) is 0 Å². The summed E-state index contributed by atoms with van der Waals surface area (Å²) in [7, 11) is -2.04. The van der Waals surface area contributed by atoms with Crippen LogP contribution >= 0.6 is 15.9 Å². The number of esters is 1. The van der Waals surface area contributed by atoms with Gasteiger partial charge < -0.3 is 9.16 Å². The van der Waals surface area contributed by atoms with E-state index in [2.05, 4.69) is 61.7 Å². The lowest BCUT2D eigenvalue weighted by Crippen LogP contribution is -2.46. The lowest BCUT2D eigenvalue weighted by molar-refractivity contribution is -0.137. The summed E-state index contributed by atoms with van der Waals surface area (Å²) in [6, 6.07) is -0.256. The van der Waals surface area contributed by atoms with Crippen molar-refractivity contribution in [2.24, 2.45) is 11.8 Å². The van der Waals surface area contributed by atoms with Gasteiger partial charge in [-0.1, -0.05) is 39.8 Å². The molecule has 0 bridgehead atoms. The fourth-order valence-corrected chi connectivity index (χ4v) is 6.36. The number of H-pyrrole nitrogens is 1. The van der Waals surface area contributed by atoms with Crippen molar-refractivity contribution < 1.29 is 14.0 Å². The van der Waals surface area contributed by atoms with E-state index in [-0.39, 0.29) is 17.0 Å². The van der Waals surface area contributed by atoms with E-state index in [4.69, 9.17) is 9.16 Å². The Morgan fingerprint density at radius 3 is 2.62 bits per heavy atom. The van der Waals surface area contributed by atoms with Crippen LogP contribution in [0.3, 0.4) is 0 Å². The maximum absolute atomic E-state index is 12.4. The minimum absolute atomic E-state index is 0.0121. The molecule has 0 saturated heterocycles. The third-order valence-electron chi connectivity index (χ3n) is 7.00. The van der Waals surface area contributed by atoms with Crippen LogP contribution in [-0.2, 0) is 14.0 Å². The molecule has 0 amide bonds. The number of ether oxygens (including phenoxy) is 1. The van der Waals surface area contributed by atoms with Crippen LogP contribution in [0.1, 0.15) is 47.1 Å². The lowest BCUT2D eigenvalue weighted by atomic mass is 9.99. The van der Waals surface area contributed by atoms with Gasteiger partial charge in [0.15, 0.2) is 8.32 Å². The number of nitrogens with zero attached hydrogens (tertiary/aromatic N) is 1. The average Bonchev–Trinajstić information content (AvgIpc) is 3.10. The van der Waals surface area contributed by atoms with Gasteiger partial charge in [-0.15, -0.1) is 0 Å². The Labute approximate surface area is 199 Å². The highest BCUT2D eigenvalue weighted by atomic mass is 79.9. The fourth-order valence-electron chi connectivity index (χ4n) is 3.66. The number of hydrogen-bond acceptors (Lipinski definition) is 5. The Bertz CT molecular complexity index is 1010. The second-order valence-corrected chi connectivity index (χ2v) is 15.0. The van der Waals surface area contributed by atoms with Gasteiger partial charge in [-0.3, -0.25) is 14.3 Å². The largest absolute Gasteiger partial charge is 0.463 e. The van der Waals surface area contributed by atoms with E-state index in [0.717, 1.165) is 5.57 Å². The highest BCUT2D eigenvalue weighted by Gasteiger charge is 2.44. The molecule has 0 aromatic carbocycles. The van der Waals surface area contributed by atoms with E-state index < -0.39 is 25.5 Å². The van der Waals surface area contributed by atoms with Gasteiger partial charge in [0.1, 0.15) is 0 Å². The van der Waals surface area contributed by atoms with Crippen LogP contribution in [0.4, 0.5) is 0 Å². The van der Waals surface area contributed by atoms with Gasteiger partial charge in [0.2, 0.25) is 0 Å². The zero-order valence-corrected chi connectivity index (χ0v) is 22.6. The predicted molar refractivity (Wildman–Crippen MR) is 132 cm³/mol. The molecule has 0 aliphatic heterocycles. The Hall–Kier alpha value is -1.71. The van der Waals surface area contributed by atoms with Crippen LogP contribution in [0.5, 0.6) is 0 Å². The average molecular weight is 528 g/mol. The second kappa shape index (κ2) is 10.5. The molecule has 1 aliphatic rings. The minimum Gasteiger partial charge on any atom is -0.463 e. The molecular formula is C23H35BrN2O5Si. The number of carbonyl (C=O) groups excluding carboxylic acids is 1. The first kappa shape index (κ1) is 26.5. The van der Waals surface area contributed by atoms with E-state index in [0.29, 0.717) is 30.0 Å². The highest BCUT2D eigenvalue weighted by Crippen LogP contribution is 2.45. The van der Waals surface area contributed by atoms with Gasteiger partial charge in [-0.25, -0.2) is 9.59 Å². The Morgan fingerprint density at radius 1 is 1.38 bits per heavy atom. The predicted octanol–water partition coefficient (Wildman–Crippen LogP) is 4.56. The summed E-state index contributed by atoms with van der Waals surface area (Å²) in [6.07, 6.45) is 7.27. The minimum atomic E-state index is -2.04. The maximum Gasteiger partial charge on any atom is 0.330 e. The number of nitrogens with one attached hydrogen (secondary N) is 1. The molecule has 1 N–H and O–H groups in total. The molecule has 0 saturated carbocycles. The monoisotopic (exact) mass is 526 g/mol. The van der Waals surface area contributed by atoms with E-state index in [9.17, 15) is 14.4 Å². The van der Waals surface area contributed by atoms with Crippen LogP contribution in [-0.4, -0.2) is 37.1 Å². The van der Waals surface area contributed by atoms with Gasteiger partial charge in [-0.05, 0) is 58.9 Å². The summed E-state index contributed by atoms with van der Waals surface area (Å²) in [6.45, 7) is 16.0. The Kier molecular flexibility index (Phi) is 8.69. The maximum atomic E-state index is 12.4. The first-order valence-corrected chi connectivity index (χ1v) is 14.7. The number of aromatic amines is 1. The van der Waals surface area contributed by atoms with Crippen molar-refractivity contribution in [2.75, 3.05) is 13.2 Å². The summed E-state index contributed by atoms with van der Waals surface area (Å²) in [5.41, 5.74) is -0.00554. The van der Waals surface area contributed by atoms with Crippen molar-refractivity contribution >= 4 is 30.2 Å². The van der Waals surface area contributed by atoms with E-state index >= 15 is 0 Å². The summed E-state index contributed by atoms with van der Waals surface area (Å²) < 4.78 is 13.4. The van der Waals surface area contributed by atoms with Gasteiger partial charge in [0.25, 0.3) is 5.56 Å². The van der Waals surface area contributed by atoms with Crippen molar-refractivity contribution in [3.63, 3.8) is 0 Å². The van der Waals surface area contributed by atoms with Gasteiger partial charge in [0.05, 0.1) is 17.1 Å². The van der Waals surface area contributed by atoms with Crippen LogP contribution in [0.15, 0.2) is 44.1 Å². The van der Waals surface area contributed by atoms with Crippen molar-refractivity contribution in [3.8, 4) is 0 Å². The summed E-state index contributed by atoms with van der Waals surface area (Å²) in [4.78, 5) is 38.3. The number of rotatable bonds is 9. The molecule has 1 heterocycles. The van der Waals surface area contributed by atoms with Crippen molar-refractivity contribution in [2.45, 2.75) is 65.2 Å². The molecule has 1 aliphatic carbocycles. The molecule has 178 valence electrons. The molecule has 32 heavy (non-hydrogen) atoms. The third kappa shape index (κ3) is 5.99. The lowest BCUT2D eigenvalue weighted by Gasteiger charge is -2.43. The first-order chi connectivity index (χ1) is 14.8. The van der Waals surface area contributed by atoms with Crippen LogP contribution in [0, 0.1) is 11.8 Å². The standard InChI is InChI=1S/C23H35BrN2O5Si/c1-8-30-20(27)10-9-16-11-18(26-13-19(24)21(28)25-22(26)29)12-17(16)14-31-32(6,7)23(4,5)15(2)3/h9-11,13,15,17-18H,8,12,14H2,1-7H3,(H,25,28,29)/t17-,18+/m1/s1. The van der Waals surface area contributed by atoms with E-state index in [1.807, 2.05) is 6.08 Å². The molecule has 0 unspecified atom stereocenters. The van der Waals surface area contributed by atoms with Crippen LogP contribution in [0.2, 0.25) is 18.1 Å². The second-order valence-electron chi connectivity index (χ2n) is 9.59. The number of aromatic nitrogens is 2. The molecule has 2 atom stereocenters. The molecular weight excluding hydrogens is 492 g/mol. The molecule has 1 aromatic heterocycles. The number of allylic oxidation sites excluding steroid dienone is 2. The summed E-state index contributed by atoms with van der Waals surface area (Å²) in [5, 5.41) is 0.0797. The third-order valence-corrected chi connectivity index (χ3v) is 12.1. The Balaban J connectivity index is 2.32. The molecule has 1 aromatic rings. The fraction of sp³-hybridized carbons (Fsp3) is 0.609. The molecule has 2 rings (SSSR count). The molecule has 0 radical (unpaired) electrons. The van der Waals surface area contributed by atoms with E-state index in [1.54, 1.807) is 13.0 Å². The van der Waals surface area contributed by atoms with Crippen LogP contribution < -0.4 is 11.2 Å². The first-order valence-electron chi connectivity index (χ1n) is 11.0. The number of carbonyl (C=O) groups is 1. The summed E-state index contributed by atoms with van der Waals surface area (Å²) in [5.74, 6) is 0.0884. The highest BCUT2D eigenvalue weighted by molar-refractivity contribution is 9.10. The number of halogens is 1. The normalized spacial score (nSPS) is 19.6. The smallest absolute Gasteiger partial charge is 0.330 e. The quantitative estimate of drug-likeness (QED) is 0.289. The Morgan fingerprint density at radius 2 is 2.03 bits per heavy atom. The molecule has 7 nitrogen and oxygen atoms in total. The molecule has 9 heteroatoms. The van der Waals surface area contributed by atoms with Crippen molar-refractivity contribution in [1.82, 2.24) is 9.55 Å². The van der Waals surface area contributed by atoms with Crippen LogP contribution in [0.25, 0.3) is 0 Å². The van der Waals surface area contributed by atoms with Gasteiger partial charge in [0, 0.05) is 24.8 Å². The zero-order valence-electron chi connectivity index (χ0n) is 20.0. The van der Waals surface area contributed by atoms with E-state index in [1.165, 1.54) is 16.8 Å². The molecule has 0 spiro atoms. The van der Waals surface area contributed by atoms with Crippen molar-refractivity contribution in [1.29, 1.82) is 0 Å². The SMILES string of the molecule is CCOC(=O)C=CC1=C[C@H](n2cc(Br)c(=O)[nH]c2=O)C[C@@H]1CO[Si](C)(C)C(C)(C)C(C)C. The van der Waals surface area contributed by atoms with Crippen molar-refractivity contribution in [3.05, 3.63) is 55.3 Å².